The minimum atomic E-state index is 0.206. The minimum Gasteiger partial charge on any atom is -0.396 e. The first-order chi connectivity index (χ1) is 7.35. The van der Waals surface area contributed by atoms with E-state index in [9.17, 15) is 0 Å². The summed E-state index contributed by atoms with van der Waals surface area (Å²) in [6, 6.07) is 0. The van der Waals surface area contributed by atoms with Gasteiger partial charge in [-0.1, -0.05) is 6.92 Å². The smallest absolute Gasteiger partial charge is 0.0487 e. The molecule has 0 atom stereocenters. The summed E-state index contributed by atoms with van der Waals surface area (Å²) in [5.74, 6) is 0. The van der Waals surface area contributed by atoms with Crippen molar-refractivity contribution in [3.05, 3.63) is 0 Å². The van der Waals surface area contributed by atoms with Crippen LogP contribution in [0.1, 0.15) is 26.2 Å². The van der Waals surface area contributed by atoms with E-state index < -0.39 is 0 Å². The van der Waals surface area contributed by atoms with Gasteiger partial charge in [-0.2, -0.15) is 0 Å². The van der Waals surface area contributed by atoms with Gasteiger partial charge in [-0.05, 0) is 25.8 Å². The summed E-state index contributed by atoms with van der Waals surface area (Å²) in [6.45, 7) is 7.02. The lowest BCUT2D eigenvalue weighted by Gasteiger charge is -2.19. The van der Waals surface area contributed by atoms with Crippen LogP contribution in [-0.4, -0.2) is 61.2 Å². The maximum absolute atomic E-state index is 8.70. The molecule has 2 N–H and O–H groups in total. The summed E-state index contributed by atoms with van der Waals surface area (Å²) < 4.78 is 5.34. The lowest BCUT2D eigenvalue weighted by Crippen LogP contribution is -2.27. The van der Waals surface area contributed by atoms with E-state index in [0.29, 0.717) is 6.61 Å². The molecule has 15 heavy (non-hydrogen) atoms. The van der Waals surface area contributed by atoms with Crippen molar-refractivity contribution in [3.8, 4) is 0 Å². The van der Waals surface area contributed by atoms with Crippen LogP contribution in [0.5, 0.6) is 0 Å². The standard InChI is InChI=1S/C11H25NO3/c1-2-12(6-3-8-13)7-4-10-15-11-5-9-14/h13-14H,2-11H2,1H3. The van der Waals surface area contributed by atoms with Gasteiger partial charge < -0.3 is 19.8 Å². The van der Waals surface area contributed by atoms with Gasteiger partial charge in [-0.15, -0.1) is 0 Å². The number of rotatable bonds is 11. The average molecular weight is 219 g/mol. The lowest BCUT2D eigenvalue weighted by molar-refractivity contribution is 0.105. The van der Waals surface area contributed by atoms with Crippen molar-refractivity contribution in [3.63, 3.8) is 0 Å². The monoisotopic (exact) mass is 219 g/mol. The minimum absolute atomic E-state index is 0.206. The van der Waals surface area contributed by atoms with E-state index in [1.165, 1.54) is 0 Å². The predicted octanol–water partition coefficient (Wildman–Crippen LogP) is 0.480. The summed E-state index contributed by atoms with van der Waals surface area (Å²) in [7, 11) is 0. The van der Waals surface area contributed by atoms with Crippen LogP contribution in [-0.2, 0) is 4.74 Å². The molecule has 0 aromatic heterocycles. The number of ether oxygens (including phenoxy) is 1. The first kappa shape index (κ1) is 14.8. The molecule has 0 aromatic rings. The summed E-state index contributed by atoms with van der Waals surface area (Å²) in [5.41, 5.74) is 0. The summed E-state index contributed by atoms with van der Waals surface area (Å²) in [5, 5.41) is 17.2. The lowest BCUT2D eigenvalue weighted by atomic mass is 10.3. The van der Waals surface area contributed by atoms with E-state index in [1.807, 2.05) is 0 Å². The maximum atomic E-state index is 8.70. The summed E-state index contributed by atoms with van der Waals surface area (Å²) in [4.78, 5) is 2.31. The van der Waals surface area contributed by atoms with Crippen LogP contribution in [0.25, 0.3) is 0 Å². The Kier molecular flexibility index (Phi) is 11.8. The fraction of sp³-hybridized carbons (Fsp3) is 1.00. The molecule has 0 unspecified atom stereocenters. The van der Waals surface area contributed by atoms with Crippen molar-refractivity contribution < 1.29 is 14.9 Å². The third-order valence-corrected chi connectivity index (χ3v) is 2.29. The molecule has 0 radical (unpaired) electrons. The molecule has 0 bridgehead atoms. The zero-order chi connectivity index (χ0) is 11.4. The van der Waals surface area contributed by atoms with Gasteiger partial charge in [0.2, 0.25) is 0 Å². The Morgan fingerprint density at radius 1 is 0.933 bits per heavy atom. The molecule has 4 heteroatoms. The van der Waals surface area contributed by atoms with Gasteiger partial charge in [0.15, 0.2) is 0 Å². The first-order valence-electron chi connectivity index (χ1n) is 5.87. The molecule has 0 saturated carbocycles. The van der Waals surface area contributed by atoms with E-state index in [4.69, 9.17) is 14.9 Å². The molecule has 0 rings (SSSR count). The molecule has 0 aliphatic rings. The van der Waals surface area contributed by atoms with Crippen molar-refractivity contribution in [1.29, 1.82) is 0 Å². The number of aliphatic hydroxyl groups excluding tert-OH is 2. The van der Waals surface area contributed by atoms with Gasteiger partial charge in [0, 0.05) is 39.5 Å². The molecule has 0 aliphatic carbocycles. The molecule has 0 fully saturated rings. The normalized spacial score (nSPS) is 11.2. The third kappa shape index (κ3) is 10.1. The highest BCUT2D eigenvalue weighted by molar-refractivity contribution is 4.54. The summed E-state index contributed by atoms with van der Waals surface area (Å²) >= 11 is 0. The zero-order valence-electron chi connectivity index (χ0n) is 9.82. The van der Waals surface area contributed by atoms with Gasteiger partial charge in [0.25, 0.3) is 0 Å². The Labute approximate surface area is 92.9 Å². The number of hydrogen-bond acceptors (Lipinski definition) is 4. The fourth-order valence-electron chi connectivity index (χ4n) is 1.38. The quantitative estimate of drug-likeness (QED) is 0.496. The van der Waals surface area contributed by atoms with Crippen LogP contribution < -0.4 is 0 Å². The van der Waals surface area contributed by atoms with Gasteiger partial charge >= 0.3 is 0 Å². The highest BCUT2D eigenvalue weighted by Gasteiger charge is 2.00. The Morgan fingerprint density at radius 3 is 2.13 bits per heavy atom. The second-order valence-electron chi connectivity index (χ2n) is 3.55. The Bertz CT molecular complexity index is 122. The van der Waals surface area contributed by atoms with E-state index >= 15 is 0 Å². The van der Waals surface area contributed by atoms with E-state index in [0.717, 1.165) is 45.5 Å². The molecule has 0 aromatic carbocycles. The van der Waals surface area contributed by atoms with Crippen LogP contribution in [0.15, 0.2) is 0 Å². The van der Waals surface area contributed by atoms with Crippen molar-refractivity contribution in [2.75, 3.05) is 46.1 Å². The largest absolute Gasteiger partial charge is 0.396 e. The molecule has 0 spiro atoms. The number of hydrogen-bond donors (Lipinski definition) is 2. The van der Waals surface area contributed by atoms with E-state index in [-0.39, 0.29) is 13.2 Å². The molecular formula is C11H25NO3. The van der Waals surface area contributed by atoms with E-state index in [1.54, 1.807) is 0 Å². The average Bonchev–Trinajstić information content (AvgIpc) is 2.27. The molecule has 92 valence electrons. The van der Waals surface area contributed by atoms with Crippen LogP contribution in [0.4, 0.5) is 0 Å². The van der Waals surface area contributed by atoms with Crippen LogP contribution >= 0.6 is 0 Å². The molecular weight excluding hydrogens is 194 g/mol. The highest BCUT2D eigenvalue weighted by Crippen LogP contribution is 1.94. The van der Waals surface area contributed by atoms with Crippen molar-refractivity contribution in [2.45, 2.75) is 26.2 Å². The van der Waals surface area contributed by atoms with Crippen molar-refractivity contribution >= 4 is 0 Å². The van der Waals surface area contributed by atoms with Gasteiger partial charge in [-0.3, -0.25) is 0 Å². The van der Waals surface area contributed by atoms with Crippen molar-refractivity contribution in [2.24, 2.45) is 0 Å². The molecule has 0 amide bonds. The van der Waals surface area contributed by atoms with E-state index in [2.05, 4.69) is 11.8 Å². The fourth-order valence-corrected chi connectivity index (χ4v) is 1.38. The Morgan fingerprint density at radius 2 is 1.53 bits per heavy atom. The topological polar surface area (TPSA) is 52.9 Å². The first-order valence-corrected chi connectivity index (χ1v) is 5.87. The predicted molar refractivity (Wildman–Crippen MR) is 61.0 cm³/mol. The second kappa shape index (κ2) is 11.9. The Hall–Kier alpha value is -0.160. The maximum Gasteiger partial charge on any atom is 0.0487 e. The molecule has 4 nitrogen and oxygen atoms in total. The van der Waals surface area contributed by atoms with Gasteiger partial charge in [-0.25, -0.2) is 0 Å². The second-order valence-corrected chi connectivity index (χ2v) is 3.55. The van der Waals surface area contributed by atoms with Crippen LogP contribution in [0.3, 0.4) is 0 Å². The van der Waals surface area contributed by atoms with Gasteiger partial charge in [0.1, 0.15) is 0 Å². The molecule has 0 saturated heterocycles. The van der Waals surface area contributed by atoms with Crippen LogP contribution in [0, 0.1) is 0 Å². The van der Waals surface area contributed by atoms with Crippen LogP contribution in [0.2, 0.25) is 0 Å². The third-order valence-electron chi connectivity index (χ3n) is 2.29. The number of aliphatic hydroxyl groups is 2. The highest BCUT2D eigenvalue weighted by atomic mass is 16.5. The SMILES string of the molecule is CCN(CCCO)CCCOCCCO. The number of nitrogens with zero attached hydrogens (tertiary/aromatic N) is 1. The Balaban J connectivity index is 3.22. The van der Waals surface area contributed by atoms with Gasteiger partial charge in [0.05, 0.1) is 0 Å². The summed E-state index contributed by atoms with van der Waals surface area (Å²) in [6.07, 6.45) is 2.59. The zero-order valence-corrected chi connectivity index (χ0v) is 9.82. The molecule has 0 aliphatic heterocycles. The molecule has 0 heterocycles. The van der Waals surface area contributed by atoms with Crippen molar-refractivity contribution in [1.82, 2.24) is 4.90 Å².